The molecule has 8 aromatic rings. The number of ether oxygens (including phenoxy) is 8. The van der Waals surface area contributed by atoms with E-state index in [9.17, 15) is 38.4 Å². The zero-order valence-corrected chi connectivity index (χ0v) is 95.7. The van der Waals surface area contributed by atoms with Crippen molar-refractivity contribution in [3.05, 3.63) is 142 Å². The summed E-state index contributed by atoms with van der Waals surface area (Å²) in [6, 6.07) is 30.1. The minimum absolute atomic E-state index is 0.102. The first-order valence-electron chi connectivity index (χ1n) is 51.9. The molecule has 5 aliphatic rings. The number of hydrogen-bond donors (Lipinski definition) is 8. The Hall–Kier alpha value is -8.24. The van der Waals surface area contributed by atoms with E-state index in [2.05, 4.69) is 222 Å². The lowest BCUT2D eigenvalue weighted by Gasteiger charge is -2.30. The average Bonchev–Trinajstić information content (AvgIpc) is 1.43. The molecule has 776 valence electrons. The van der Waals surface area contributed by atoms with E-state index in [-0.39, 0.29) is 134 Å². The van der Waals surface area contributed by atoms with E-state index in [0.29, 0.717) is 71.7 Å². The first-order chi connectivity index (χ1) is 70.1. The Morgan fingerprint density at radius 2 is 0.292 bits per heavy atom. The molecule has 144 heavy (non-hydrogen) atoms. The summed E-state index contributed by atoms with van der Waals surface area (Å²) in [7, 11) is 0. The number of alkyl halides is 8. The Kier molecular flexibility index (Phi) is 45.5. The molecular weight excluding hydrogens is 2350 g/mol. The van der Waals surface area contributed by atoms with Crippen LogP contribution in [0, 0.1) is 0 Å². The van der Waals surface area contributed by atoms with Gasteiger partial charge in [-0.1, -0.05) is 386 Å². The fourth-order valence-electron chi connectivity index (χ4n) is 19.9. The molecule has 8 N–H and O–H groups in total. The number of carbonyl (C=O) groups excluding carboxylic acids is 8. The minimum atomic E-state index is -0.622. The highest BCUT2D eigenvalue weighted by Crippen LogP contribution is 2.62. The van der Waals surface area contributed by atoms with Gasteiger partial charge < -0.3 is 80.4 Å². The number of halogens is 8. The number of benzene rings is 8. The average molecular weight is 2490 g/mol. The van der Waals surface area contributed by atoms with Crippen molar-refractivity contribution in [3.63, 3.8) is 0 Å². The third kappa shape index (κ3) is 31.0. The second-order valence-electron chi connectivity index (χ2n) is 38.0. The summed E-state index contributed by atoms with van der Waals surface area (Å²) in [6.45, 7) is 8.96. The molecule has 4 aliphatic heterocycles. The fourth-order valence-corrected chi connectivity index (χ4v) is 21.1. The smallest absolute Gasteiger partial charge is 0.235 e. The summed E-state index contributed by atoms with van der Waals surface area (Å²) in [5.74, 6) is -2.11. The third-order valence-corrected chi connectivity index (χ3v) is 31.3. The predicted molar refractivity (Wildman–Crippen MR) is 606 cm³/mol. The molecule has 0 radical (unpaired) electrons. The number of rotatable bonds is 56. The second-order valence-corrected chi connectivity index (χ2v) is 42.5. The van der Waals surface area contributed by atoms with E-state index >= 15 is 0 Å². The van der Waals surface area contributed by atoms with Gasteiger partial charge >= 0.3 is 0 Å². The fraction of sp³-hybridized carbons (Fsp3) is 0.500. The highest BCUT2D eigenvalue weighted by molar-refractivity contribution is 9.10. The Balaban J connectivity index is 1.24. The summed E-state index contributed by atoms with van der Waals surface area (Å²) in [5, 5.41) is 23.5. The number of amides is 8. The maximum atomic E-state index is 14.1. The highest BCUT2D eigenvalue weighted by atomic mass is 79.9. The standard InChI is InChI=1S/C112H136Br8N8O16/c1-5-9-13-17-21-25-29-33-37-41-69-73-45-75-70(42-38-34-30-26-22-18-14-10-6-2)77-47-79-72(44-40-36-32-28-24-20-16-12-8-4)80-48-78-71(43-39-35-31-27-23-19-15-11-7-3)76-46-74(69)90-58-92(76)140-100-52-84(124-108(132)64-116)86(126-110(134)66-118)54-102(100)142-94(78)60-96(80)144-104-56-88(128-112(136)68-120)87(127-111(135)67-119)55-103(104)143-95(79)59-93(77)141-101-53-85(125-109(133)65-117)83(123-107(131)63-115)51-99(101)139-91(75)57-89(73)137-97-49-81(121-105(129)61-113)82(50-98(97)138-90)122-106(130)62-114/h45-60,69-72H,5-44,61-68H2,1-4H3,(H,121,129)(H,122,130)(H,123,131)(H,124,132)(H,125,133)(H,126,134)(H,127,135)(H,128,136). The lowest BCUT2D eigenvalue weighted by molar-refractivity contribution is -0.114. The molecule has 4 heterocycles. The molecule has 24 nitrogen and oxygen atoms in total. The van der Waals surface area contributed by atoms with E-state index in [1.54, 1.807) is 48.5 Å². The summed E-state index contributed by atoms with van der Waals surface area (Å²) in [6.07, 6.45) is 39.7. The van der Waals surface area contributed by atoms with Gasteiger partial charge in [-0.05, 0) is 49.9 Å². The Morgan fingerprint density at radius 3 is 0.410 bits per heavy atom. The van der Waals surface area contributed by atoms with E-state index in [0.717, 1.165) is 224 Å². The first-order valence-corrected chi connectivity index (χ1v) is 60.8. The van der Waals surface area contributed by atoms with Gasteiger partial charge in [0.25, 0.3) is 0 Å². The van der Waals surface area contributed by atoms with Gasteiger partial charge in [-0.2, -0.15) is 0 Å². The topological polar surface area (TPSA) is 307 Å². The molecule has 0 fully saturated rings. The van der Waals surface area contributed by atoms with Crippen LogP contribution in [0.25, 0.3) is 0 Å². The predicted octanol–water partition coefficient (Wildman–Crippen LogP) is 34.5. The number of fused-ring (bicyclic) bond motifs is 4. The van der Waals surface area contributed by atoms with Crippen molar-refractivity contribution in [2.75, 3.05) is 85.2 Å². The second kappa shape index (κ2) is 58.1. The molecule has 0 spiro atoms. The number of carbonyl (C=O) groups is 8. The van der Waals surface area contributed by atoms with Crippen molar-refractivity contribution in [2.24, 2.45) is 0 Å². The molecular formula is C112H136Br8N8O16. The molecule has 0 saturated heterocycles. The minimum Gasteiger partial charge on any atom is -0.453 e. The molecule has 32 heteroatoms. The molecule has 8 amide bonds. The number of nitrogens with one attached hydrogen (secondary N) is 8. The lowest BCUT2D eigenvalue weighted by Crippen LogP contribution is -2.18. The Bertz CT molecular complexity index is 4830. The molecule has 8 aromatic carbocycles. The molecule has 0 unspecified atom stereocenters. The highest BCUT2D eigenvalue weighted by Gasteiger charge is 2.41. The van der Waals surface area contributed by atoms with E-state index < -0.39 is 70.9 Å². The number of hydrogen-bond acceptors (Lipinski definition) is 16. The molecule has 8 bridgehead atoms. The Labute approximate surface area is 915 Å². The molecule has 0 atom stereocenters. The van der Waals surface area contributed by atoms with Gasteiger partial charge in [0, 0.05) is 141 Å². The van der Waals surface area contributed by atoms with Crippen LogP contribution in [-0.4, -0.2) is 89.9 Å². The molecule has 0 aromatic heterocycles. The van der Waals surface area contributed by atoms with Gasteiger partial charge in [0.2, 0.25) is 47.3 Å². The van der Waals surface area contributed by atoms with Crippen molar-refractivity contribution in [3.8, 4) is 92.0 Å². The zero-order chi connectivity index (χ0) is 102. The monoisotopic (exact) mass is 2480 g/mol. The summed E-state index contributed by atoms with van der Waals surface area (Å²) in [5.41, 5.74) is 7.56. The van der Waals surface area contributed by atoms with Gasteiger partial charge in [-0.25, -0.2) is 0 Å². The maximum Gasteiger partial charge on any atom is 0.235 e. The van der Waals surface area contributed by atoms with E-state index in [1.807, 2.05) is 24.3 Å². The van der Waals surface area contributed by atoms with Gasteiger partial charge in [-0.15, -0.1) is 0 Å². The van der Waals surface area contributed by atoms with Crippen LogP contribution in [0.15, 0.2) is 97.1 Å². The lowest BCUT2D eigenvalue weighted by atomic mass is 9.76. The maximum absolute atomic E-state index is 14.1. The van der Waals surface area contributed by atoms with Gasteiger partial charge in [0.15, 0.2) is 46.0 Å². The Morgan fingerprint density at radius 1 is 0.174 bits per heavy atom. The van der Waals surface area contributed by atoms with Crippen molar-refractivity contribution in [1.82, 2.24) is 0 Å². The van der Waals surface area contributed by atoms with Crippen molar-refractivity contribution >= 4 is 220 Å². The van der Waals surface area contributed by atoms with Gasteiger partial charge in [0.05, 0.1) is 88.1 Å². The van der Waals surface area contributed by atoms with Gasteiger partial charge in [-0.3, -0.25) is 38.4 Å². The van der Waals surface area contributed by atoms with Crippen LogP contribution in [0.3, 0.4) is 0 Å². The number of unbranched alkanes of at least 4 members (excludes halogenated alkanes) is 32. The quantitative estimate of drug-likeness (QED) is 0.0130. The van der Waals surface area contributed by atoms with E-state index in [1.165, 1.54) is 51.4 Å². The van der Waals surface area contributed by atoms with Crippen LogP contribution in [0.2, 0.25) is 0 Å². The summed E-state index contributed by atoms with van der Waals surface area (Å²) >= 11 is 27.2. The molecule has 0 saturated carbocycles. The van der Waals surface area contributed by atoms with Crippen LogP contribution >= 0.6 is 127 Å². The van der Waals surface area contributed by atoms with Gasteiger partial charge in [0.1, 0.15) is 46.0 Å². The number of anilines is 8. The van der Waals surface area contributed by atoms with Crippen LogP contribution < -0.4 is 80.4 Å². The largest absolute Gasteiger partial charge is 0.453 e. The van der Waals surface area contributed by atoms with E-state index in [4.69, 9.17) is 37.9 Å². The SMILES string of the molecule is CCCCCCCCCCCC1c2cc3c4cc2Oc2cc(NC(=O)CBr)c(NC(=O)CBr)cc2Oc2cc5c(cc21)C(CCCCCCCCCCC)c1cc2c(cc1Oc1cc(NC(=O)CBr)c(NC(=O)CBr)cc1O5)Oc1cc(NC(=O)CBr)c(NC(=O)CBr)cc1Oc1cc(c(cc1C2CCCCCCCCCCC)C3CCCCCCCCCCC)Oc1cc(NC(=O)CBr)c(NC(=O)CBr)cc1O4. The summed E-state index contributed by atoms with van der Waals surface area (Å²) in [4.78, 5) is 113. The van der Waals surface area contributed by atoms with Crippen LogP contribution in [0.4, 0.5) is 45.5 Å². The molecule has 1 aliphatic carbocycles. The summed E-state index contributed by atoms with van der Waals surface area (Å²) < 4.78 is 62.5. The first kappa shape index (κ1) is 113. The van der Waals surface area contributed by atoms with Crippen molar-refractivity contribution < 1.29 is 76.3 Å². The van der Waals surface area contributed by atoms with Crippen LogP contribution in [0.1, 0.15) is 353 Å². The normalized spacial score (nSPS) is 14.6. The van der Waals surface area contributed by atoms with Crippen molar-refractivity contribution in [1.29, 1.82) is 0 Å². The van der Waals surface area contributed by atoms with Crippen LogP contribution in [-0.2, 0) is 38.4 Å². The van der Waals surface area contributed by atoms with Crippen LogP contribution in [0.5, 0.6) is 92.0 Å². The van der Waals surface area contributed by atoms with Crippen molar-refractivity contribution in [2.45, 2.75) is 308 Å². The third-order valence-electron chi connectivity index (χ3n) is 27.2. The molecule has 13 rings (SSSR count). The zero-order valence-electron chi connectivity index (χ0n) is 83.0.